The highest BCUT2D eigenvalue weighted by Crippen LogP contribution is 2.23. The number of benzene rings is 2. The van der Waals surface area contributed by atoms with Crippen LogP contribution in [0.4, 0.5) is 17.2 Å². The first-order chi connectivity index (χ1) is 12.0. The fourth-order valence-corrected chi connectivity index (χ4v) is 2.62. The molecular formula is C20H18ClN3O. The van der Waals surface area contributed by atoms with Gasteiger partial charge in [-0.3, -0.25) is 4.79 Å². The number of halogens is 1. The number of carbonyl (C=O) groups excluding carboxylic acids is 1. The van der Waals surface area contributed by atoms with Crippen LogP contribution in [-0.2, 0) is 0 Å². The molecule has 0 aliphatic rings. The van der Waals surface area contributed by atoms with Crippen molar-refractivity contribution < 1.29 is 4.79 Å². The number of carbonyl (C=O) groups is 1. The number of aryl methyl sites for hydroxylation is 1. The number of pyridine rings is 1. The Morgan fingerprint density at radius 1 is 1.08 bits per heavy atom. The molecule has 1 N–H and O–H groups in total. The zero-order valence-corrected chi connectivity index (χ0v) is 14.8. The van der Waals surface area contributed by atoms with Crippen molar-refractivity contribution in [2.45, 2.75) is 6.92 Å². The topological polar surface area (TPSA) is 45.2 Å². The molecule has 0 atom stereocenters. The average Bonchev–Trinajstić information content (AvgIpc) is 2.65. The second-order valence-corrected chi connectivity index (χ2v) is 6.15. The minimum atomic E-state index is -0.199. The zero-order chi connectivity index (χ0) is 17.8. The quantitative estimate of drug-likeness (QED) is 0.714. The van der Waals surface area contributed by atoms with Gasteiger partial charge in [0, 0.05) is 35.2 Å². The molecule has 0 radical (unpaired) electrons. The molecule has 1 heterocycles. The lowest BCUT2D eigenvalue weighted by atomic mass is 10.1. The third-order valence-corrected chi connectivity index (χ3v) is 4.18. The van der Waals surface area contributed by atoms with Gasteiger partial charge in [0.1, 0.15) is 5.82 Å². The van der Waals surface area contributed by atoms with Crippen LogP contribution in [0.15, 0.2) is 66.9 Å². The predicted molar refractivity (Wildman–Crippen MR) is 103 cm³/mol. The molecule has 0 spiro atoms. The largest absolute Gasteiger partial charge is 0.329 e. The number of anilines is 3. The molecule has 5 heteroatoms. The van der Waals surface area contributed by atoms with Gasteiger partial charge in [-0.05, 0) is 48.9 Å². The summed E-state index contributed by atoms with van der Waals surface area (Å²) < 4.78 is 0. The van der Waals surface area contributed by atoms with Gasteiger partial charge in [-0.15, -0.1) is 0 Å². The molecule has 0 aliphatic heterocycles. The number of nitrogens with zero attached hydrogens (tertiary/aromatic N) is 2. The lowest BCUT2D eigenvalue weighted by Gasteiger charge is -2.18. The van der Waals surface area contributed by atoms with Gasteiger partial charge in [-0.2, -0.15) is 0 Å². The summed E-state index contributed by atoms with van der Waals surface area (Å²) in [5.74, 6) is 0.497. The predicted octanol–water partition coefficient (Wildman–Crippen LogP) is 5.06. The molecule has 126 valence electrons. The van der Waals surface area contributed by atoms with Gasteiger partial charge in [0.15, 0.2) is 0 Å². The maximum atomic E-state index is 12.6. The zero-order valence-electron chi connectivity index (χ0n) is 14.0. The molecule has 0 fully saturated rings. The van der Waals surface area contributed by atoms with Crippen molar-refractivity contribution in [2.75, 3.05) is 17.3 Å². The van der Waals surface area contributed by atoms with Gasteiger partial charge >= 0.3 is 0 Å². The van der Waals surface area contributed by atoms with E-state index >= 15 is 0 Å². The fraction of sp³-hybridized carbons (Fsp3) is 0.100. The molecule has 2 aromatic carbocycles. The molecule has 0 aliphatic carbocycles. The maximum absolute atomic E-state index is 12.6. The van der Waals surface area contributed by atoms with E-state index in [-0.39, 0.29) is 5.91 Å². The van der Waals surface area contributed by atoms with Crippen molar-refractivity contribution in [3.63, 3.8) is 0 Å². The normalized spacial score (nSPS) is 10.4. The lowest BCUT2D eigenvalue weighted by Crippen LogP contribution is -2.15. The highest BCUT2D eigenvalue weighted by molar-refractivity contribution is 6.31. The van der Waals surface area contributed by atoms with Gasteiger partial charge in [0.2, 0.25) is 0 Å². The first-order valence-electron chi connectivity index (χ1n) is 7.87. The van der Waals surface area contributed by atoms with Gasteiger partial charge in [-0.25, -0.2) is 4.98 Å². The van der Waals surface area contributed by atoms with Crippen molar-refractivity contribution in [1.82, 2.24) is 4.98 Å². The standard InChI is InChI=1S/C20H18ClN3O/c1-14-8-9-16(21)13-18(14)23-20(25)15-10-11-22-19(12-15)24(2)17-6-4-3-5-7-17/h3-13H,1-2H3,(H,23,25). The van der Waals surface area contributed by atoms with Crippen LogP contribution >= 0.6 is 11.6 Å². The van der Waals surface area contributed by atoms with Crippen molar-refractivity contribution in [1.29, 1.82) is 0 Å². The van der Waals surface area contributed by atoms with E-state index in [1.165, 1.54) is 0 Å². The highest BCUT2D eigenvalue weighted by atomic mass is 35.5. The van der Waals surface area contributed by atoms with E-state index in [2.05, 4.69) is 10.3 Å². The number of aromatic nitrogens is 1. The third kappa shape index (κ3) is 3.98. The molecule has 25 heavy (non-hydrogen) atoms. The first-order valence-corrected chi connectivity index (χ1v) is 8.25. The third-order valence-electron chi connectivity index (χ3n) is 3.94. The summed E-state index contributed by atoms with van der Waals surface area (Å²) in [6, 6.07) is 18.7. The smallest absolute Gasteiger partial charge is 0.255 e. The minimum Gasteiger partial charge on any atom is -0.329 e. The molecule has 0 saturated heterocycles. The molecule has 1 amide bonds. The average molecular weight is 352 g/mol. The Balaban J connectivity index is 1.83. The van der Waals surface area contributed by atoms with E-state index in [1.807, 2.05) is 55.3 Å². The summed E-state index contributed by atoms with van der Waals surface area (Å²) in [4.78, 5) is 18.9. The van der Waals surface area contributed by atoms with Crippen LogP contribution in [0.25, 0.3) is 0 Å². The van der Waals surface area contributed by atoms with Gasteiger partial charge < -0.3 is 10.2 Å². The maximum Gasteiger partial charge on any atom is 0.255 e. The number of nitrogens with one attached hydrogen (secondary N) is 1. The minimum absolute atomic E-state index is 0.199. The van der Waals surface area contributed by atoms with Crippen LogP contribution in [0, 0.1) is 6.92 Å². The number of hydrogen-bond acceptors (Lipinski definition) is 3. The second-order valence-electron chi connectivity index (χ2n) is 5.71. The Morgan fingerprint density at radius 3 is 2.60 bits per heavy atom. The summed E-state index contributed by atoms with van der Waals surface area (Å²) in [5, 5.41) is 3.49. The SMILES string of the molecule is Cc1ccc(Cl)cc1NC(=O)c1ccnc(N(C)c2ccccc2)c1. The summed E-state index contributed by atoms with van der Waals surface area (Å²) >= 11 is 6.01. The van der Waals surface area contributed by atoms with E-state index in [1.54, 1.807) is 30.5 Å². The van der Waals surface area contributed by atoms with Crippen molar-refractivity contribution in [3.8, 4) is 0 Å². The van der Waals surface area contributed by atoms with Gasteiger partial charge in [0.05, 0.1) is 0 Å². The summed E-state index contributed by atoms with van der Waals surface area (Å²) in [6.45, 7) is 1.92. The van der Waals surface area contributed by atoms with Crippen LogP contribution in [0.1, 0.15) is 15.9 Å². The fourth-order valence-electron chi connectivity index (χ4n) is 2.45. The Bertz CT molecular complexity index is 896. The van der Waals surface area contributed by atoms with E-state index < -0.39 is 0 Å². The molecule has 0 unspecified atom stereocenters. The Labute approximate surface area is 152 Å². The molecule has 0 bridgehead atoms. The molecule has 4 nitrogen and oxygen atoms in total. The van der Waals surface area contributed by atoms with E-state index in [9.17, 15) is 4.79 Å². The number of hydrogen-bond donors (Lipinski definition) is 1. The molecule has 3 rings (SSSR count). The van der Waals surface area contributed by atoms with Gasteiger partial charge in [0.25, 0.3) is 5.91 Å². The Hall–Kier alpha value is -2.85. The Morgan fingerprint density at radius 2 is 1.84 bits per heavy atom. The first kappa shape index (κ1) is 17.0. The van der Waals surface area contributed by atoms with Crippen LogP contribution in [0.3, 0.4) is 0 Å². The van der Waals surface area contributed by atoms with Crippen molar-refractivity contribution in [3.05, 3.63) is 83.0 Å². The van der Waals surface area contributed by atoms with Crippen LogP contribution in [0.2, 0.25) is 5.02 Å². The molecular weight excluding hydrogens is 334 g/mol. The number of amides is 1. The molecule has 3 aromatic rings. The van der Waals surface area contributed by atoms with Crippen LogP contribution < -0.4 is 10.2 Å². The van der Waals surface area contributed by atoms with Gasteiger partial charge in [-0.1, -0.05) is 35.9 Å². The lowest BCUT2D eigenvalue weighted by molar-refractivity contribution is 0.102. The van der Waals surface area contributed by atoms with Crippen LogP contribution in [-0.4, -0.2) is 17.9 Å². The second kappa shape index (κ2) is 7.36. The number of rotatable bonds is 4. The summed E-state index contributed by atoms with van der Waals surface area (Å²) in [7, 11) is 1.92. The van der Waals surface area contributed by atoms with Crippen molar-refractivity contribution >= 4 is 34.7 Å². The summed E-state index contributed by atoms with van der Waals surface area (Å²) in [6.07, 6.45) is 1.63. The van der Waals surface area contributed by atoms with E-state index in [4.69, 9.17) is 11.6 Å². The number of para-hydroxylation sites is 1. The van der Waals surface area contributed by atoms with Crippen molar-refractivity contribution in [2.24, 2.45) is 0 Å². The van der Waals surface area contributed by atoms with E-state index in [0.29, 0.717) is 22.1 Å². The van der Waals surface area contributed by atoms with E-state index in [0.717, 1.165) is 11.3 Å². The molecule has 1 aromatic heterocycles. The van der Waals surface area contributed by atoms with Crippen LogP contribution in [0.5, 0.6) is 0 Å². The monoisotopic (exact) mass is 351 g/mol. The molecule has 0 saturated carbocycles. The summed E-state index contributed by atoms with van der Waals surface area (Å²) in [5.41, 5.74) is 3.19. The highest BCUT2D eigenvalue weighted by Gasteiger charge is 2.12. The Kier molecular flexibility index (Phi) is 5.00.